The highest BCUT2D eigenvalue weighted by molar-refractivity contribution is 5.88. The lowest BCUT2D eigenvalue weighted by molar-refractivity contribution is -0.137. The van der Waals surface area contributed by atoms with Crippen LogP contribution in [0.25, 0.3) is 0 Å². The monoisotopic (exact) mass is 259 g/mol. The van der Waals surface area contributed by atoms with Crippen LogP contribution in [0.15, 0.2) is 12.1 Å². The molecule has 1 aromatic carbocycles. The molecular weight excluding hydrogens is 248 g/mol. The summed E-state index contributed by atoms with van der Waals surface area (Å²) < 4.78 is 26.8. The third-order valence-electron chi connectivity index (χ3n) is 2.39. The van der Waals surface area contributed by atoms with Gasteiger partial charge >= 0.3 is 11.9 Å². The highest BCUT2D eigenvalue weighted by Gasteiger charge is 2.19. The SMILES string of the molecule is NC(CCC(=O)O)c1cc(F)c(C(=O)O)cc1F. The molecule has 0 spiro atoms. The lowest BCUT2D eigenvalue weighted by Gasteiger charge is -2.12. The quantitative estimate of drug-likeness (QED) is 0.744. The fourth-order valence-electron chi connectivity index (χ4n) is 1.44. The van der Waals surface area contributed by atoms with Gasteiger partial charge in [0.2, 0.25) is 0 Å². The molecule has 0 radical (unpaired) electrons. The fraction of sp³-hybridized carbons (Fsp3) is 0.273. The van der Waals surface area contributed by atoms with Crippen molar-refractivity contribution >= 4 is 11.9 Å². The van der Waals surface area contributed by atoms with Crippen LogP contribution in [0.5, 0.6) is 0 Å². The van der Waals surface area contributed by atoms with E-state index in [-0.39, 0.29) is 18.4 Å². The van der Waals surface area contributed by atoms with Crippen molar-refractivity contribution < 1.29 is 28.6 Å². The fourth-order valence-corrected chi connectivity index (χ4v) is 1.44. The predicted octanol–water partition coefficient (Wildman–Crippen LogP) is 1.53. The van der Waals surface area contributed by atoms with Gasteiger partial charge in [0.15, 0.2) is 0 Å². The first-order valence-electron chi connectivity index (χ1n) is 5.02. The zero-order valence-electron chi connectivity index (χ0n) is 9.19. The number of nitrogens with two attached hydrogens (primary N) is 1. The average molecular weight is 259 g/mol. The number of carbonyl (C=O) groups is 2. The summed E-state index contributed by atoms with van der Waals surface area (Å²) in [6, 6.07) is 0.220. The van der Waals surface area contributed by atoms with E-state index >= 15 is 0 Å². The summed E-state index contributed by atoms with van der Waals surface area (Å²) >= 11 is 0. The van der Waals surface area contributed by atoms with E-state index in [9.17, 15) is 18.4 Å². The van der Waals surface area contributed by atoms with Crippen LogP contribution in [0, 0.1) is 11.6 Å². The van der Waals surface area contributed by atoms with Gasteiger partial charge < -0.3 is 15.9 Å². The Bertz CT molecular complexity index is 490. The lowest BCUT2D eigenvalue weighted by Crippen LogP contribution is -2.15. The van der Waals surface area contributed by atoms with Crippen LogP contribution in [0.1, 0.15) is 34.8 Å². The molecule has 0 amide bonds. The van der Waals surface area contributed by atoms with E-state index in [1.807, 2.05) is 0 Å². The van der Waals surface area contributed by atoms with Crippen molar-refractivity contribution in [1.29, 1.82) is 0 Å². The van der Waals surface area contributed by atoms with E-state index in [2.05, 4.69) is 0 Å². The molecule has 98 valence electrons. The summed E-state index contributed by atoms with van der Waals surface area (Å²) in [6.45, 7) is 0. The maximum Gasteiger partial charge on any atom is 0.338 e. The van der Waals surface area contributed by atoms with E-state index in [0.29, 0.717) is 12.1 Å². The first kappa shape index (κ1) is 14.0. The molecule has 1 aromatic rings. The highest BCUT2D eigenvalue weighted by Crippen LogP contribution is 2.22. The standard InChI is InChI=1S/C11H11F2NO4/c12-7-4-6(11(17)18)8(13)3-5(7)9(14)1-2-10(15)16/h3-4,9H,1-2,14H2,(H,15,16)(H,17,18). The Morgan fingerprint density at radius 3 is 2.33 bits per heavy atom. The van der Waals surface area contributed by atoms with Crippen molar-refractivity contribution in [3.63, 3.8) is 0 Å². The summed E-state index contributed by atoms with van der Waals surface area (Å²) in [7, 11) is 0. The molecule has 0 aliphatic heterocycles. The summed E-state index contributed by atoms with van der Waals surface area (Å²) in [6.07, 6.45) is -0.360. The van der Waals surface area contributed by atoms with Gasteiger partial charge in [0, 0.05) is 18.0 Å². The van der Waals surface area contributed by atoms with Crippen LogP contribution in [-0.2, 0) is 4.79 Å². The van der Waals surface area contributed by atoms with E-state index in [0.717, 1.165) is 0 Å². The van der Waals surface area contributed by atoms with Crippen LogP contribution in [0.3, 0.4) is 0 Å². The number of carboxylic acid groups (broad SMARTS) is 2. The molecular formula is C11H11F2NO4. The van der Waals surface area contributed by atoms with Crippen molar-refractivity contribution in [3.05, 3.63) is 34.9 Å². The van der Waals surface area contributed by atoms with Crippen molar-refractivity contribution in [2.24, 2.45) is 5.73 Å². The second-order valence-corrected chi connectivity index (χ2v) is 3.70. The Balaban J connectivity index is 3.00. The van der Waals surface area contributed by atoms with Gasteiger partial charge in [0.1, 0.15) is 11.6 Å². The van der Waals surface area contributed by atoms with Gasteiger partial charge in [0.25, 0.3) is 0 Å². The van der Waals surface area contributed by atoms with Crippen molar-refractivity contribution in [1.82, 2.24) is 0 Å². The topological polar surface area (TPSA) is 101 Å². The normalized spacial score (nSPS) is 12.2. The number of hydrogen-bond donors (Lipinski definition) is 3. The second kappa shape index (κ2) is 5.54. The summed E-state index contributed by atoms with van der Waals surface area (Å²) in [5, 5.41) is 17.0. The Kier molecular flexibility index (Phi) is 4.33. The minimum absolute atomic E-state index is 0.0713. The maximum absolute atomic E-state index is 13.5. The van der Waals surface area contributed by atoms with Gasteiger partial charge in [-0.15, -0.1) is 0 Å². The molecule has 4 N–H and O–H groups in total. The van der Waals surface area contributed by atoms with Crippen molar-refractivity contribution in [2.75, 3.05) is 0 Å². The van der Waals surface area contributed by atoms with Crippen LogP contribution in [0.4, 0.5) is 8.78 Å². The van der Waals surface area contributed by atoms with Gasteiger partial charge in [-0.25, -0.2) is 13.6 Å². The molecule has 0 aliphatic carbocycles. The second-order valence-electron chi connectivity index (χ2n) is 3.70. The Hall–Kier alpha value is -2.02. The molecule has 1 atom stereocenters. The van der Waals surface area contributed by atoms with Crippen LogP contribution in [0.2, 0.25) is 0 Å². The number of halogens is 2. The first-order valence-corrected chi connectivity index (χ1v) is 5.02. The van der Waals surface area contributed by atoms with Gasteiger partial charge in [0.05, 0.1) is 5.56 Å². The number of carboxylic acids is 2. The Morgan fingerprint density at radius 2 is 1.83 bits per heavy atom. The molecule has 7 heteroatoms. The molecule has 0 aromatic heterocycles. The Morgan fingerprint density at radius 1 is 1.22 bits per heavy atom. The molecule has 0 fully saturated rings. The number of rotatable bonds is 5. The van der Waals surface area contributed by atoms with Crippen molar-refractivity contribution in [3.8, 4) is 0 Å². The van der Waals surface area contributed by atoms with Gasteiger partial charge in [-0.1, -0.05) is 0 Å². The summed E-state index contributed by atoms with van der Waals surface area (Å²) in [5.41, 5.74) is 4.49. The third kappa shape index (κ3) is 3.24. The molecule has 0 saturated carbocycles. The number of aromatic carboxylic acids is 1. The van der Waals surface area contributed by atoms with Crippen LogP contribution >= 0.6 is 0 Å². The van der Waals surface area contributed by atoms with E-state index in [4.69, 9.17) is 15.9 Å². The largest absolute Gasteiger partial charge is 0.481 e. The zero-order valence-corrected chi connectivity index (χ0v) is 9.19. The predicted molar refractivity (Wildman–Crippen MR) is 57.1 cm³/mol. The van der Waals surface area contributed by atoms with Gasteiger partial charge in [-0.3, -0.25) is 4.79 Å². The molecule has 0 bridgehead atoms. The Labute approximate surface area is 101 Å². The molecule has 1 unspecified atom stereocenters. The smallest absolute Gasteiger partial charge is 0.338 e. The third-order valence-corrected chi connectivity index (χ3v) is 2.39. The highest BCUT2D eigenvalue weighted by atomic mass is 19.1. The van der Waals surface area contributed by atoms with Crippen LogP contribution < -0.4 is 5.73 Å². The average Bonchev–Trinajstić information content (AvgIpc) is 2.28. The molecule has 1 rings (SSSR count). The van der Waals surface area contributed by atoms with Gasteiger partial charge in [-0.05, 0) is 18.6 Å². The molecule has 5 nitrogen and oxygen atoms in total. The summed E-state index contributed by atoms with van der Waals surface area (Å²) in [5.74, 6) is -4.76. The molecule has 0 heterocycles. The minimum Gasteiger partial charge on any atom is -0.481 e. The van der Waals surface area contributed by atoms with Crippen LogP contribution in [-0.4, -0.2) is 22.2 Å². The maximum atomic E-state index is 13.5. The molecule has 0 aliphatic rings. The lowest BCUT2D eigenvalue weighted by atomic mass is 10.00. The van der Waals surface area contributed by atoms with E-state index in [1.165, 1.54) is 0 Å². The number of aliphatic carboxylic acids is 1. The minimum atomic E-state index is -1.59. The zero-order chi connectivity index (χ0) is 13.9. The molecule has 18 heavy (non-hydrogen) atoms. The molecule has 0 saturated heterocycles. The van der Waals surface area contributed by atoms with E-state index < -0.39 is 35.2 Å². The number of benzene rings is 1. The van der Waals surface area contributed by atoms with Crippen molar-refractivity contribution in [2.45, 2.75) is 18.9 Å². The van der Waals surface area contributed by atoms with E-state index in [1.54, 1.807) is 0 Å². The first-order chi connectivity index (χ1) is 8.32. The van der Waals surface area contributed by atoms with Gasteiger partial charge in [-0.2, -0.15) is 0 Å². The summed E-state index contributed by atoms with van der Waals surface area (Å²) in [4.78, 5) is 20.9. The number of hydrogen-bond acceptors (Lipinski definition) is 3.